The predicted molar refractivity (Wildman–Crippen MR) is 65.7 cm³/mol. The van der Waals surface area contributed by atoms with Crippen LogP contribution >= 0.6 is 0 Å². The second-order valence-electron chi connectivity index (χ2n) is 3.98. The summed E-state index contributed by atoms with van der Waals surface area (Å²) in [5, 5.41) is 26.6. The number of hydrogen-bond donors (Lipinski definition) is 3. The van der Waals surface area contributed by atoms with Crippen LogP contribution in [0.5, 0.6) is 0 Å². The van der Waals surface area contributed by atoms with Gasteiger partial charge >= 0.3 is 23.0 Å². The molecule has 1 unspecified atom stereocenters. The number of rotatable bonds is 6. The fourth-order valence-electron chi connectivity index (χ4n) is 1.68. The average molecular weight is 289 g/mol. The molecule has 3 N–H and O–H groups in total. The number of nitrogens with zero attached hydrogens (tertiary/aromatic N) is 3. The van der Waals surface area contributed by atoms with Crippen LogP contribution in [0.2, 0.25) is 0 Å². The molecule has 0 bridgehead atoms. The Hall–Kier alpha value is -2.20. The van der Waals surface area contributed by atoms with Crippen LogP contribution in [0.1, 0.15) is 13.0 Å². The molecule has 0 radical (unpaired) electrons. The molecule has 0 amide bonds. The van der Waals surface area contributed by atoms with E-state index in [1.165, 1.54) is 0 Å². The molecule has 0 fully saturated rings. The first-order valence-electron chi connectivity index (χ1n) is 5.77. The lowest BCUT2D eigenvalue weighted by atomic mass is 10.3. The van der Waals surface area contributed by atoms with E-state index in [1.54, 1.807) is 0 Å². The van der Waals surface area contributed by atoms with Crippen LogP contribution in [0.4, 0.5) is 0 Å². The number of carboxylic acid groups (broad SMARTS) is 1. The van der Waals surface area contributed by atoms with E-state index in [2.05, 4.69) is 0 Å². The third-order valence-corrected chi connectivity index (χ3v) is 2.73. The molecule has 0 saturated heterocycles. The van der Waals surface area contributed by atoms with Gasteiger partial charge in [-0.1, -0.05) is 0 Å². The number of aliphatic carboxylic acids is 1. The normalized spacial score (nSPS) is 12.3. The van der Waals surface area contributed by atoms with Crippen molar-refractivity contribution in [1.29, 1.82) is 0 Å². The summed E-state index contributed by atoms with van der Waals surface area (Å²) < 4.78 is 1.50. The second kappa shape index (κ2) is 6.30. The summed E-state index contributed by atoms with van der Waals surface area (Å²) in [5.74, 6) is -1.42. The maximum absolute atomic E-state index is 12.0. The topological polar surface area (TPSA) is 144 Å². The highest BCUT2D eigenvalue weighted by atomic mass is 16.4. The van der Waals surface area contributed by atoms with Crippen LogP contribution in [0.15, 0.2) is 14.4 Å². The summed E-state index contributed by atoms with van der Waals surface area (Å²) in [6.45, 7) is -0.713. The zero-order chi connectivity index (χ0) is 15.4. The molecule has 0 saturated carbocycles. The maximum Gasteiger partial charge on any atom is 0.337 e. The van der Waals surface area contributed by atoms with E-state index in [9.17, 15) is 19.2 Å². The summed E-state index contributed by atoms with van der Waals surface area (Å²) in [6, 6.07) is -1.48. The van der Waals surface area contributed by atoms with Crippen molar-refractivity contribution in [1.82, 2.24) is 13.7 Å². The molecule has 0 aliphatic rings. The first kappa shape index (κ1) is 15.9. The van der Waals surface area contributed by atoms with Crippen molar-refractivity contribution in [2.24, 2.45) is 0 Å². The summed E-state index contributed by atoms with van der Waals surface area (Å²) in [4.78, 5) is 46.8. The number of aliphatic hydroxyl groups excluding tert-OH is 2. The Kier molecular flexibility index (Phi) is 5.00. The standard InChI is InChI=1S/C10H15N3O7/c1-6(7(16)17)13-9(19)11(2-4-14)8(18)12(3-5-15)10(13)20/h6,14-15H,2-5H2,1H3,(H,16,17). The molecule has 1 atom stereocenters. The van der Waals surface area contributed by atoms with Crippen LogP contribution < -0.4 is 17.1 Å². The van der Waals surface area contributed by atoms with Crippen LogP contribution in [0, 0.1) is 0 Å². The quantitative estimate of drug-likeness (QED) is 0.500. The smallest absolute Gasteiger partial charge is 0.337 e. The minimum atomic E-state index is -1.48. The molecule has 10 heteroatoms. The van der Waals surface area contributed by atoms with Gasteiger partial charge in [0.15, 0.2) is 0 Å². The maximum atomic E-state index is 12.0. The van der Waals surface area contributed by atoms with Crippen molar-refractivity contribution in [2.75, 3.05) is 13.2 Å². The monoisotopic (exact) mass is 289 g/mol. The van der Waals surface area contributed by atoms with E-state index in [1.807, 2.05) is 0 Å². The minimum Gasteiger partial charge on any atom is -0.480 e. The molecule has 0 spiro atoms. The Morgan fingerprint density at radius 2 is 1.40 bits per heavy atom. The van der Waals surface area contributed by atoms with Gasteiger partial charge in [0.25, 0.3) is 0 Å². The summed E-state index contributed by atoms with van der Waals surface area (Å²) in [5.41, 5.74) is -3.23. The van der Waals surface area contributed by atoms with Gasteiger partial charge in [-0.15, -0.1) is 0 Å². The highest BCUT2D eigenvalue weighted by molar-refractivity contribution is 5.71. The second-order valence-corrected chi connectivity index (χ2v) is 3.98. The Morgan fingerprint density at radius 3 is 1.70 bits per heavy atom. The largest absolute Gasteiger partial charge is 0.480 e. The summed E-state index contributed by atoms with van der Waals surface area (Å²) in [7, 11) is 0. The van der Waals surface area contributed by atoms with Gasteiger partial charge in [-0.3, -0.25) is 0 Å². The fourth-order valence-corrected chi connectivity index (χ4v) is 1.68. The highest BCUT2D eigenvalue weighted by Gasteiger charge is 2.22. The van der Waals surface area contributed by atoms with Crippen LogP contribution in [-0.2, 0) is 17.9 Å². The van der Waals surface area contributed by atoms with Crippen molar-refractivity contribution in [3.8, 4) is 0 Å². The Labute approximate surface area is 111 Å². The highest BCUT2D eigenvalue weighted by Crippen LogP contribution is 1.96. The zero-order valence-corrected chi connectivity index (χ0v) is 10.7. The van der Waals surface area contributed by atoms with Gasteiger partial charge in [0, 0.05) is 0 Å². The molecule has 20 heavy (non-hydrogen) atoms. The number of carboxylic acids is 1. The Morgan fingerprint density at radius 1 is 1.00 bits per heavy atom. The third kappa shape index (κ3) is 2.70. The molecule has 1 rings (SSSR count). The van der Waals surface area contributed by atoms with E-state index < -0.39 is 42.3 Å². The third-order valence-electron chi connectivity index (χ3n) is 2.73. The van der Waals surface area contributed by atoms with Crippen LogP contribution in [-0.4, -0.2) is 48.2 Å². The number of aliphatic hydroxyl groups is 2. The minimum absolute atomic E-state index is 0.379. The summed E-state index contributed by atoms with van der Waals surface area (Å²) >= 11 is 0. The first-order chi connectivity index (χ1) is 9.36. The molecule has 112 valence electrons. The van der Waals surface area contributed by atoms with Gasteiger partial charge < -0.3 is 15.3 Å². The van der Waals surface area contributed by atoms with E-state index in [0.29, 0.717) is 13.7 Å². The summed E-state index contributed by atoms with van der Waals surface area (Å²) in [6.07, 6.45) is 0. The van der Waals surface area contributed by atoms with Gasteiger partial charge in [-0.25, -0.2) is 32.9 Å². The molecular formula is C10H15N3O7. The molecular weight excluding hydrogens is 274 g/mol. The molecule has 0 aliphatic carbocycles. The SMILES string of the molecule is CC(C(=O)O)n1c(=O)n(CCO)c(=O)n(CCO)c1=O. The van der Waals surface area contributed by atoms with Gasteiger partial charge in [0.2, 0.25) is 0 Å². The molecule has 1 aromatic heterocycles. The zero-order valence-electron chi connectivity index (χ0n) is 10.7. The number of aromatic nitrogens is 3. The Balaban J connectivity index is 3.76. The van der Waals surface area contributed by atoms with Gasteiger partial charge in [-0.05, 0) is 6.92 Å². The number of carbonyl (C=O) groups is 1. The average Bonchev–Trinajstić information content (AvgIpc) is 2.39. The van der Waals surface area contributed by atoms with E-state index in [0.717, 1.165) is 6.92 Å². The molecule has 1 aromatic rings. The van der Waals surface area contributed by atoms with Crippen molar-refractivity contribution in [3.05, 3.63) is 31.5 Å². The Bertz CT molecular complexity index is 625. The van der Waals surface area contributed by atoms with E-state index in [-0.39, 0.29) is 13.1 Å². The molecule has 0 aromatic carbocycles. The molecule has 1 heterocycles. The van der Waals surface area contributed by atoms with Gasteiger partial charge in [0.1, 0.15) is 6.04 Å². The van der Waals surface area contributed by atoms with Gasteiger partial charge in [0.05, 0.1) is 26.3 Å². The molecule has 0 aliphatic heterocycles. The van der Waals surface area contributed by atoms with E-state index in [4.69, 9.17) is 15.3 Å². The van der Waals surface area contributed by atoms with Gasteiger partial charge in [-0.2, -0.15) is 0 Å². The van der Waals surface area contributed by atoms with Crippen molar-refractivity contribution in [3.63, 3.8) is 0 Å². The lowest BCUT2D eigenvalue weighted by molar-refractivity contribution is -0.140. The van der Waals surface area contributed by atoms with Crippen LogP contribution in [0.3, 0.4) is 0 Å². The van der Waals surface area contributed by atoms with Crippen molar-refractivity contribution >= 4 is 5.97 Å². The first-order valence-corrected chi connectivity index (χ1v) is 5.77. The predicted octanol–water partition coefficient (Wildman–Crippen LogP) is -3.20. The lowest BCUT2D eigenvalue weighted by Crippen LogP contribution is -2.56. The van der Waals surface area contributed by atoms with Crippen molar-refractivity contribution < 1.29 is 20.1 Å². The van der Waals surface area contributed by atoms with Crippen molar-refractivity contribution in [2.45, 2.75) is 26.1 Å². The number of hydrogen-bond acceptors (Lipinski definition) is 6. The fraction of sp³-hybridized carbons (Fsp3) is 0.600. The van der Waals surface area contributed by atoms with E-state index >= 15 is 0 Å². The molecule has 10 nitrogen and oxygen atoms in total. The van der Waals surface area contributed by atoms with Crippen LogP contribution in [0.25, 0.3) is 0 Å². The lowest BCUT2D eigenvalue weighted by Gasteiger charge is -2.15.